The van der Waals surface area contributed by atoms with Gasteiger partial charge >= 0.3 is 5.97 Å². The molecular formula is C23H16N2O3S. The van der Waals surface area contributed by atoms with Gasteiger partial charge in [-0.15, -0.1) is 11.3 Å². The Bertz CT molecular complexity index is 1210. The van der Waals surface area contributed by atoms with Gasteiger partial charge in [-0.05, 0) is 30.3 Å². The number of para-hydroxylation sites is 1. The third kappa shape index (κ3) is 3.39. The number of cyclic esters (lactones) is 1. The molecule has 0 aliphatic carbocycles. The molecule has 1 N–H and O–H groups in total. The molecule has 1 amide bonds. The number of anilines is 1. The molecule has 2 heterocycles. The second-order valence-electron chi connectivity index (χ2n) is 6.80. The molecule has 4 aromatic rings. The zero-order chi connectivity index (χ0) is 19.8. The Labute approximate surface area is 171 Å². The molecule has 5 nitrogen and oxygen atoms in total. The minimum atomic E-state index is -0.550. The summed E-state index contributed by atoms with van der Waals surface area (Å²) in [6, 6.07) is 22.8. The first-order valence-electron chi connectivity index (χ1n) is 9.23. The average Bonchev–Trinajstić information content (AvgIpc) is 3.30. The van der Waals surface area contributed by atoms with Gasteiger partial charge in [0.1, 0.15) is 11.1 Å². The number of fused-ring (bicyclic) bond motifs is 2. The molecule has 3 aromatic carbocycles. The van der Waals surface area contributed by atoms with Gasteiger partial charge < -0.3 is 10.1 Å². The monoisotopic (exact) mass is 400 g/mol. The molecule has 0 saturated heterocycles. The maximum atomic E-state index is 12.6. The third-order valence-electron chi connectivity index (χ3n) is 4.83. The van der Waals surface area contributed by atoms with Gasteiger partial charge in [0.25, 0.3) is 0 Å². The lowest BCUT2D eigenvalue weighted by molar-refractivity contribution is -0.118. The Hall–Kier alpha value is -3.51. The number of nitrogens with zero attached hydrogens (tertiary/aromatic N) is 1. The van der Waals surface area contributed by atoms with Crippen molar-refractivity contribution in [3.05, 3.63) is 83.9 Å². The van der Waals surface area contributed by atoms with Gasteiger partial charge in [0.05, 0.1) is 22.2 Å². The number of carbonyl (C=O) groups excluding carboxylic acids is 2. The van der Waals surface area contributed by atoms with E-state index in [1.54, 1.807) is 23.5 Å². The molecule has 0 bridgehead atoms. The molecular weight excluding hydrogens is 384 g/mol. The summed E-state index contributed by atoms with van der Waals surface area (Å²) in [6.07, 6.45) is -0.472. The van der Waals surface area contributed by atoms with Crippen LogP contribution in [0.25, 0.3) is 20.8 Å². The van der Waals surface area contributed by atoms with E-state index in [0.29, 0.717) is 11.3 Å². The van der Waals surface area contributed by atoms with Crippen LogP contribution in [-0.2, 0) is 9.53 Å². The highest BCUT2D eigenvalue weighted by molar-refractivity contribution is 7.21. The van der Waals surface area contributed by atoms with Crippen LogP contribution < -0.4 is 5.32 Å². The minimum Gasteiger partial charge on any atom is -0.453 e. The Balaban J connectivity index is 1.33. The quantitative estimate of drug-likeness (QED) is 0.478. The van der Waals surface area contributed by atoms with Crippen LogP contribution in [0.4, 0.5) is 5.69 Å². The van der Waals surface area contributed by atoms with Gasteiger partial charge in [0.2, 0.25) is 5.91 Å². The number of thiazole rings is 1. The van der Waals surface area contributed by atoms with Crippen molar-refractivity contribution in [1.82, 2.24) is 4.98 Å². The molecule has 0 fully saturated rings. The molecule has 6 heteroatoms. The SMILES string of the molecule is O=C(C[C@H]1OC(=O)c2ccccc21)Nc1cccc(-c2nc3ccccc3s2)c1. The van der Waals surface area contributed by atoms with E-state index in [1.807, 2.05) is 60.7 Å². The molecule has 142 valence electrons. The van der Waals surface area contributed by atoms with Crippen molar-refractivity contribution in [3.8, 4) is 10.6 Å². The lowest BCUT2D eigenvalue weighted by atomic mass is 10.0. The van der Waals surface area contributed by atoms with Crippen LogP contribution >= 0.6 is 11.3 Å². The summed E-state index contributed by atoms with van der Waals surface area (Å²) in [7, 11) is 0. The van der Waals surface area contributed by atoms with Crippen LogP contribution in [-0.4, -0.2) is 16.9 Å². The second-order valence-corrected chi connectivity index (χ2v) is 7.83. The molecule has 1 aromatic heterocycles. The first-order valence-corrected chi connectivity index (χ1v) is 10.0. The molecule has 0 unspecified atom stereocenters. The Morgan fingerprint density at radius 2 is 1.86 bits per heavy atom. The number of nitrogens with one attached hydrogen (secondary N) is 1. The van der Waals surface area contributed by atoms with Crippen LogP contribution in [0.2, 0.25) is 0 Å². The Morgan fingerprint density at radius 1 is 1.03 bits per heavy atom. The van der Waals surface area contributed by atoms with Crippen molar-refractivity contribution in [2.45, 2.75) is 12.5 Å². The number of hydrogen-bond acceptors (Lipinski definition) is 5. The Kier molecular flexibility index (Phi) is 4.33. The summed E-state index contributed by atoms with van der Waals surface area (Å²) in [5, 5.41) is 3.81. The maximum Gasteiger partial charge on any atom is 0.339 e. The number of carbonyl (C=O) groups is 2. The smallest absolute Gasteiger partial charge is 0.339 e. The summed E-state index contributed by atoms with van der Waals surface area (Å²) in [6.45, 7) is 0. The van der Waals surface area contributed by atoms with Gasteiger partial charge in [-0.25, -0.2) is 9.78 Å². The maximum absolute atomic E-state index is 12.6. The van der Waals surface area contributed by atoms with E-state index in [4.69, 9.17) is 4.74 Å². The number of esters is 1. The second kappa shape index (κ2) is 7.14. The molecule has 29 heavy (non-hydrogen) atoms. The standard InChI is InChI=1S/C23H16N2O3S/c26-21(13-19-16-8-1-2-9-17(16)23(27)28-19)24-15-7-5-6-14(12-15)22-25-18-10-3-4-11-20(18)29-22/h1-12,19H,13H2,(H,24,26)/t19-/m1/s1. The van der Waals surface area contributed by atoms with E-state index in [-0.39, 0.29) is 18.3 Å². The number of ether oxygens (including phenoxy) is 1. The Morgan fingerprint density at radius 3 is 2.76 bits per heavy atom. The lowest BCUT2D eigenvalue weighted by Gasteiger charge is -2.11. The van der Waals surface area contributed by atoms with Crippen LogP contribution in [0, 0.1) is 0 Å². The zero-order valence-electron chi connectivity index (χ0n) is 15.3. The summed E-state index contributed by atoms with van der Waals surface area (Å²) < 4.78 is 6.48. The third-order valence-corrected chi connectivity index (χ3v) is 5.92. The van der Waals surface area contributed by atoms with E-state index in [9.17, 15) is 9.59 Å². The van der Waals surface area contributed by atoms with Crippen molar-refractivity contribution >= 4 is 39.1 Å². The first-order chi connectivity index (χ1) is 14.2. The molecule has 1 aliphatic heterocycles. The van der Waals surface area contributed by atoms with Crippen molar-refractivity contribution in [1.29, 1.82) is 0 Å². The van der Waals surface area contributed by atoms with E-state index in [2.05, 4.69) is 10.3 Å². The normalized spacial score (nSPS) is 15.2. The molecule has 0 saturated carbocycles. The highest BCUT2D eigenvalue weighted by Gasteiger charge is 2.32. The van der Waals surface area contributed by atoms with Gasteiger partial charge in [-0.1, -0.05) is 42.5 Å². The van der Waals surface area contributed by atoms with Crippen LogP contribution in [0.1, 0.15) is 28.4 Å². The zero-order valence-corrected chi connectivity index (χ0v) is 16.1. The number of hydrogen-bond donors (Lipinski definition) is 1. The van der Waals surface area contributed by atoms with E-state index in [0.717, 1.165) is 26.4 Å². The number of rotatable bonds is 4. The van der Waals surface area contributed by atoms with Gasteiger partial charge in [0.15, 0.2) is 0 Å². The van der Waals surface area contributed by atoms with Crippen LogP contribution in [0.3, 0.4) is 0 Å². The topological polar surface area (TPSA) is 68.3 Å². The molecule has 0 radical (unpaired) electrons. The predicted molar refractivity (Wildman–Crippen MR) is 113 cm³/mol. The molecule has 5 rings (SSSR count). The number of benzene rings is 3. The fourth-order valence-corrected chi connectivity index (χ4v) is 4.44. The van der Waals surface area contributed by atoms with E-state index in [1.165, 1.54) is 0 Å². The molecule has 1 aliphatic rings. The fraction of sp³-hybridized carbons (Fsp3) is 0.0870. The lowest BCUT2D eigenvalue weighted by Crippen LogP contribution is -2.15. The van der Waals surface area contributed by atoms with Crippen LogP contribution in [0.15, 0.2) is 72.8 Å². The summed E-state index contributed by atoms with van der Waals surface area (Å²) in [5.74, 6) is -0.586. The van der Waals surface area contributed by atoms with Crippen molar-refractivity contribution < 1.29 is 14.3 Å². The van der Waals surface area contributed by atoms with E-state index < -0.39 is 6.10 Å². The summed E-state index contributed by atoms with van der Waals surface area (Å²) in [4.78, 5) is 29.2. The summed E-state index contributed by atoms with van der Waals surface area (Å²) >= 11 is 1.62. The highest BCUT2D eigenvalue weighted by Crippen LogP contribution is 2.34. The highest BCUT2D eigenvalue weighted by atomic mass is 32.1. The number of amides is 1. The number of aromatic nitrogens is 1. The summed E-state index contributed by atoms with van der Waals surface area (Å²) in [5.41, 5.74) is 3.88. The average molecular weight is 400 g/mol. The predicted octanol–water partition coefficient (Wildman–Crippen LogP) is 5.20. The first kappa shape index (κ1) is 17.6. The fourth-order valence-electron chi connectivity index (χ4n) is 3.48. The van der Waals surface area contributed by atoms with E-state index >= 15 is 0 Å². The largest absolute Gasteiger partial charge is 0.453 e. The van der Waals surface area contributed by atoms with Crippen LogP contribution in [0.5, 0.6) is 0 Å². The van der Waals surface area contributed by atoms with Gasteiger partial charge in [-0.2, -0.15) is 0 Å². The molecule has 0 spiro atoms. The van der Waals surface area contributed by atoms with Crippen molar-refractivity contribution in [2.75, 3.05) is 5.32 Å². The van der Waals surface area contributed by atoms with Gasteiger partial charge in [-0.3, -0.25) is 4.79 Å². The van der Waals surface area contributed by atoms with Gasteiger partial charge in [0, 0.05) is 16.8 Å². The molecule has 1 atom stereocenters. The minimum absolute atomic E-state index is 0.0775. The van der Waals surface area contributed by atoms with Crippen molar-refractivity contribution in [2.24, 2.45) is 0 Å². The van der Waals surface area contributed by atoms with Crippen molar-refractivity contribution in [3.63, 3.8) is 0 Å².